The van der Waals surface area contributed by atoms with Crippen molar-refractivity contribution in [3.63, 3.8) is 0 Å². The van der Waals surface area contributed by atoms with Gasteiger partial charge in [-0.05, 0) is 12.8 Å². The average molecular weight is 330 g/mol. The molecule has 0 spiro atoms. The summed E-state index contributed by atoms with van der Waals surface area (Å²) in [6.07, 6.45) is 2.96. The number of amides is 4. The molecule has 0 radical (unpaired) electrons. The van der Waals surface area contributed by atoms with Gasteiger partial charge in [0, 0.05) is 24.5 Å². The molecule has 2 heterocycles. The number of carbonyl (C=O) groups is 3. The molecule has 0 aromatic carbocycles. The van der Waals surface area contributed by atoms with E-state index in [1.165, 1.54) is 7.05 Å². The third-order valence-corrected chi connectivity index (χ3v) is 5.39. The van der Waals surface area contributed by atoms with Gasteiger partial charge >= 0.3 is 6.03 Å². The molecule has 2 fully saturated rings. The van der Waals surface area contributed by atoms with Gasteiger partial charge in [0.05, 0.1) is 18.6 Å². The molecule has 4 amide bonds. The summed E-state index contributed by atoms with van der Waals surface area (Å²) in [6, 6.07) is 0.342. The maximum atomic E-state index is 11.6. The van der Waals surface area contributed by atoms with E-state index < -0.39 is 5.91 Å². The van der Waals surface area contributed by atoms with Crippen LogP contribution in [0.3, 0.4) is 0 Å². The topological polar surface area (TPSA) is 111 Å². The monoisotopic (exact) mass is 330 g/mol. The van der Waals surface area contributed by atoms with Gasteiger partial charge in [0.25, 0.3) is 5.91 Å². The van der Waals surface area contributed by atoms with Gasteiger partial charge in [-0.2, -0.15) is 11.8 Å². The number of nitrogens with zero attached hydrogens (tertiary/aromatic N) is 1. The predicted octanol–water partition coefficient (Wildman–Crippen LogP) is -0.324. The first kappa shape index (κ1) is 16.9. The van der Waals surface area contributed by atoms with Crippen molar-refractivity contribution in [2.24, 2.45) is 0 Å². The summed E-state index contributed by atoms with van der Waals surface area (Å²) in [7, 11) is 1.22. The van der Waals surface area contributed by atoms with Crippen LogP contribution < -0.4 is 16.0 Å². The first-order chi connectivity index (χ1) is 10.5. The Morgan fingerprint density at radius 3 is 2.91 bits per heavy atom. The molecule has 2 rings (SSSR count). The van der Waals surface area contributed by atoms with Crippen molar-refractivity contribution in [3.05, 3.63) is 0 Å². The SMILES string of the molecule is CN(O)C(=O)CNC(=O)CCCC[C@@H]1SC[C@@H]2NC(=O)N[C@@H]21. The van der Waals surface area contributed by atoms with Crippen molar-refractivity contribution in [3.8, 4) is 0 Å². The van der Waals surface area contributed by atoms with Gasteiger partial charge in [-0.3, -0.25) is 14.8 Å². The number of thioether (sulfide) groups is 1. The maximum Gasteiger partial charge on any atom is 0.315 e. The summed E-state index contributed by atoms with van der Waals surface area (Å²) >= 11 is 1.86. The lowest BCUT2D eigenvalue weighted by Gasteiger charge is -2.16. The number of carbonyl (C=O) groups excluding carboxylic acids is 3. The Bertz CT molecular complexity index is 446. The highest BCUT2D eigenvalue weighted by Gasteiger charge is 2.42. The van der Waals surface area contributed by atoms with Gasteiger partial charge < -0.3 is 16.0 Å². The van der Waals surface area contributed by atoms with Gasteiger partial charge in [-0.15, -0.1) is 0 Å². The highest BCUT2D eigenvalue weighted by Crippen LogP contribution is 2.33. The van der Waals surface area contributed by atoms with E-state index >= 15 is 0 Å². The van der Waals surface area contributed by atoms with Gasteiger partial charge in [-0.1, -0.05) is 6.42 Å². The molecule has 0 aliphatic carbocycles. The molecule has 124 valence electrons. The second-order valence-electron chi connectivity index (χ2n) is 5.56. The summed E-state index contributed by atoms with van der Waals surface area (Å²) in [4.78, 5) is 33.9. The Morgan fingerprint density at radius 2 is 2.18 bits per heavy atom. The zero-order valence-corrected chi connectivity index (χ0v) is 13.3. The fourth-order valence-electron chi connectivity index (χ4n) is 2.65. The number of nitrogens with one attached hydrogen (secondary N) is 3. The van der Waals surface area contributed by atoms with E-state index in [-0.39, 0.29) is 30.6 Å². The Kier molecular flexibility index (Phi) is 5.90. The Morgan fingerprint density at radius 1 is 1.41 bits per heavy atom. The van der Waals surface area contributed by atoms with Crippen LogP contribution in [0.1, 0.15) is 25.7 Å². The number of fused-ring (bicyclic) bond motifs is 1. The molecule has 0 aromatic heterocycles. The fourth-order valence-corrected chi connectivity index (χ4v) is 4.19. The number of unbranched alkanes of at least 4 members (excludes halogenated alkanes) is 1. The van der Waals surface area contributed by atoms with E-state index in [1.54, 1.807) is 0 Å². The van der Waals surface area contributed by atoms with Crippen molar-refractivity contribution < 1.29 is 19.6 Å². The largest absolute Gasteiger partial charge is 0.347 e. The number of likely N-dealkylation sites (N-methyl/N-ethyl adjacent to an activating group) is 1. The zero-order chi connectivity index (χ0) is 16.1. The minimum absolute atomic E-state index is 0.0850. The summed E-state index contributed by atoms with van der Waals surface area (Å²) in [5.41, 5.74) is 0. The molecular weight excluding hydrogens is 308 g/mol. The van der Waals surface area contributed by atoms with E-state index in [2.05, 4.69) is 16.0 Å². The molecule has 4 N–H and O–H groups in total. The molecule has 2 aliphatic heterocycles. The van der Waals surface area contributed by atoms with E-state index in [4.69, 9.17) is 5.21 Å². The van der Waals surface area contributed by atoms with Crippen molar-refractivity contribution in [1.82, 2.24) is 21.0 Å². The van der Waals surface area contributed by atoms with E-state index in [1.807, 2.05) is 11.8 Å². The lowest BCUT2D eigenvalue weighted by atomic mass is 10.0. The maximum absolute atomic E-state index is 11.6. The van der Waals surface area contributed by atoms with Gasteiger partial charge in [0.1, 0.15) is 0 Å². The Labute approximate surface area is 133 Å². The van der Waals surface area contributed by atoms with Gasteiger partial charge in [0.15, 0.2) is 0 Å². The molecule has 22 heavy (non-hydrogen) atoms. The average Bonchev–Trinajstić information content (AvgIpc) is 3.00. The second kappa shape index (κ2) is 7.68. The molecule has 0 unspecified atom stereocenters. The van der Waals surface area contributed by atoms with Crippen LogP contribution in [-0.2, 0) is 9.59 Å². The van der Waals surface area contributed by atoms with E-state index in [0.717, 1.165) is 25.0 Å². The van der Waals surface area contributed by atoms with Crippen molar-refractivity contribution in [2.45, 2.75) is 43.0 Å². The number of urea groups is 1. The van der Waals surface area contributed by atoms with Gasteiger partial charge in [0.2, 0.25) is 5.91 Å². The number of rotatable bonds is 7. The van der Waals surface area contributed by atoms with Crippen LogP contribution in [0.4, 0.5) is 4.79 Å². The summed E-state index contributed by atoms with van der Waals surface area (Å²) in [6.45, 7) is -0.189. The molecule has 8 nitrogen and oxygen atoms in total. The first-order valence-electron chi connectivity index (χ1n) is 7.38. The third-order valence-electron chi connectivity index (χ3n) is 3.88. The molecule has 2 aliphatic rings. The molecule has 9 heteroatoms. The van der Waals surface area contributed by atoms with Crippen molar-refractivity contribution in [1.29, 1.82) is 0 Å². The van der Waals surface area contributed by atoms with Gasteiger partial charge in [-0.25, -0.2) is 9.86 Å². The van der Waals surface area contributed by atoms with E-state index in [0.29, 0.717) is 16.7 Å². The summed E-state index contributed by atoms with van der Waals surface area (Å²) in [5.74, 6) is 0.194. The minimum atomic E-state index is -0.550. The lowest BCUT2D eigenvalue weighted by molar-refractivity contribution is -0.158. The molecule has 0 saturated carbocycles. The van der Waals surface area contributed by atoms with Crippen LogP contribution in [0, 0.1) is 0 Å². The third kappa shape index (κ3) is 4.51. The number of hydrogen-bond donors (Lipinski definition) is 4. The molecule has 0 aromatic rings. The zero-order valence-electron chi connectivity index (χ0n) is 12.5. The summed E-state index contributed by atoms with van der Waals surface area (Å²) in [5, 5.41) is 18.0. The fraction of sp³-hybridized carbons (Fsp3) is 0.769. The van der Waals surface area contributed by atoms with Crippen LogP contribution in [0.15, 0.2) is 0 Å². The van der Waals surface area contributed by atoms with Crippen LogP contribution in [0.5, 0.6) is 0 Å². The summed E-state index contributed by atoms with van der Waals surface area (Å²) < 4.78 is 0. The number of hydrogen-bond acceptors (Lipinski definition) is 5. The van der Waals surface area contributed by atoms with Crippen LogP contribution in [0.25, 0.3) is 0 Å². The molecular formula is C13H22N4O4S. The first-order valence-corrected chi connectivity index (χ1v) is 8.43. The predicted molar refractivity (Wildman–Crippen MR) is 81.5 cm³/mol. The number of hydroxylamine groups is 2. The van der Waals surface area contributed by atoms with Crippen LogP contribution >= 0.6 is 11.8 Å². The van der Waals surface area contributed by atoms with Crippen LogP contribution in [0.2, 0.25) is 0 Å². The lowest BCUT2D eigenvalue weighted by Crippen LogP contribution is -2.37. The normalized spacial score (nSPS) is 26.1. The molecule has 3 atom stereocenters. The smallest absolute Gasteiger partial charge is 0.315 e. The molecule has 0 bridgehead atoms. The van der Waals surface area contributed by atoms with Crippen molar-refractivity contribution >= 4 is 29.6 Å². The minimum Gasteiger partial charge on any atom is -0.347 e. The van der Waals surface area contributed by atoms with E-state index in [9.17, 15) is 14.4 Å². The van der Waals surface area contributed by atoms with Crippen molar-refractivity contribution in [2.75, 3.05) is 19.3 Å². The van der Waals surface area contributed by atoms with Crippen LogP contribution in [-0.4, -0.2) is 64.8 Å². The Hall–Kier alpha value is -1.48. The Balaban J connectivity index is 1.57. The second-order valence-corrected chi connectivity index (χ2v) is 6.83. The standard InChI is InChI=1S/C13H22N4O4S/c1-17(21)11(19)6-14-10(18)5-3-2-4-9-12-8(7-22-9)15-13(20)16-12/h8-9,12,21H,2-7H2,1H3,(H,14,18)(H2,15,16,20)/t8-,9-,12-/m0/s1. The quantitative estimate of drug-likeness (QED) is 0.221. The highest BCUT2D eigenvalue weighted by molar-refractivity contribution is 8.00. The molecule has 2 saturated heterocycles. The highest BCUT2D eigenvalue weighted by atomic mass is 32.2.